The Morgan fingerprint density at radius 1 is 0.333 bits per heavy atom. The lowest BCUT2D eigenvalue weighted by Gasteiger charge is -2.10. The third-order valence-electron chi connectivity index (χ3n) is 9.14. The van der Waals surface area contributed by atoms with E-state index in [1.165, 1.54) is 71.6 Å². The fourth-order valence-corrected chi connectivity index (χ4v) is 7.15. The van der Waals surface area contributed by atoms with E-state index >= 15 is 0 Å². The summed E-state index contributed by atoms with van der Waals surface area (Å²) in [5.41, 5.74) is 11.1. The van der Waals surface area contributed by atoms with Crippen LogP contribution in [0.4, 0.5) is 0 Å². The second kappa shape index (κ2) is 14.8. The second-order valence-electron chi connectivity index (χ2n) is 12.4. The number of H-pyrrole nitrogens is 1. The average molecular weight is 720 g/mol. The molecule has 1 N–H and O–H groups in total. The number of benzene rings is 8. The first kappa shape index (κ1) is 32.1. The van der Waals surface area contributed by atoms with Crippen molar-refractivity contribution in [1.29, 1.82) is 0 Å². The molecule has 2 aromatic heterocycles. The Labute approximate surface area is 306 Å². The van der Waals surface area contributed by atoms with Crippen molar-refractivity contribution in [2.24, 2.45) is 0 Å². The summed E-state index contributed by atoms with van der Waals surface area (Å²) in [4.78, 5) is 3.38. The Morgan fingerprint density at radius 3 is 1.27 bits per heavy atom. The van der Waals surface area contributed by atoms with Gasteiger partial charge < -0.3 is 9.55 Å². The van der Waals surface area contributed by atoms with Crippen molar-refractivity contribution in [3.63, 3.8) is 0 Å². The number of hydrogen-bond acceptors (Lipinski definition) is 0. The summed E-state index contributed by atoms with van der Waals surface area (Å²) in [7, 11) is 0. The molecule has 3 heteroatoms. The number of aromatic amines is 1. The van der Waals surface area contributed by atoms with Crippen molar-refractivity contribution in [2.45, 2.75) is 0 Å². The number of halogens is 1. The number of para-hydroxylation sites is 4. The first-order valence-electron chi connectivity index (χ1n) is 17.1. The highest BCUT2D eigenvalue weighted by Crippen LogP contribution is 2.33. The van der Waals surface area contributed by atoms with Crippen LogP contribution in [0.1, 0.15) is 0 Å². The van der Waals surface area contributed by atoms with Gasteiger partial charge in [0.25, 0.3) is 0 Å². The summed E-state index contributed by atoms with van der Waals surface area (Å²) < 4.78 is 3.48. The maximum Gasteiger partial charge on any atom is 0.0541 e. The Morgan fingerprint density at radius 2 is 0.745 bits per heavy atom. The van der Waals surface area contributed by atoms with Crippen LogP contribution in [0.5, 0.6) is 0 Å². The van der Waals surface area contributed by atoms with Crippen LogP contribution in [0.2, 0.25) is 0 Å². The zero-order chi connectivity index (χ0) is 34.4. The third kappa shape index (κ3) is 6.85. The standard InChI is InChI=1S/C24H17N.C12H9Br.C12H9N/c1-2-9-18(10-3-1)19-11-8-12-20(17-19)25-23-15-6-4-13-21(23)22-14-5-7-16-24(22)25;13-12-8-4-7-11(9-12)10-5-2-1-3-6-10;1-3-7-11-9(5-1)10-6-2-4-8-12(10)13-11/h1-17H;1-9H;1-8,13H. The molecular weight excluding hydrogens is 684 g/mol. The van der Waals surface area contributed by atoms with Gasteiger partial charge in [-0.25, -0.2) is 0 Å². The van der Waals surface area contributed by atoms with Gasteiger partial charge in [0.05, 0.1) is 11.0 Å². The molecule has 0 bridgehead atoms. The van der Waals surface area contributed by atoms with Gasteiger partial charge in [-0.15, -0.1) is 0 Å². The Bertz CT molecular complexity index is 2600. The van der Waals surface area contributed by atoms with Gasteiger partial charge in [-0.1, -0.05) is 174 Å². The third-order valence-corrected chi connectivity index (χ3v) is 9.63. The van der Waals surface area contributed by atoms with E-state index in [1.54, 1.807) is 0 Å². The molecule has 0 saturated heterocycles. The first-order chi connectivity index (χ1) is 25.2. The number of nitrogens with one attached hydrogen (secondary N) is 1. The maximum absolute atomic E-state index is 3.46. The fraction of sp³-hybridized carbons (Fsp3) is 0. The van der Waals surface area contributed by atoms with Crippen LogP contribution in [-0.2, 0) is 0 Å². The molecule has 51 heavy (non-hydrogen) atoms. The summed E-state index contributed by atoms with van der Waals surface area (Å²) in [6, 6.07) is 72.0. The molecule has 2 heterocycles. The molecule has 0 aliphatic carbocycles. The lowest BCUT2D eigenvalue weighted by Crippen LogP contribution is -1.94. The van der Waals surface area contributed by atoms with Crippen LogP contribution in [-0.4, -0.2) is 9.55 Å². The first-order valence-corrected chi connectivity index (χ1v) is 17.9. The van der Waals surface area contributed by atoms with Gasteiger partial charge in [-0.05, 0) is 70.8 Å². The smallest absolute Gasteiger partial charge is 0.0541 e. The van der Waals surface area contributed by atoms with Gasteiger partial charge in [0.15, 0.2) is 0 Å². The normalized spacial score (nSPS) is 10.8. The topological polar surface area (TPSA) is 20.7 Å². The molecule has 0 saturated carbocycles. The largest absolute Gasteiger partial charge is 0.355 e. The van der Waals surface area contributed by atoms with E-state index in [1.807, 2.05) is 18.2 Å². The highest BCUT2D eigenvalue weighted by molar-refractivity contribution is 9.10. The van der Waals surface area contributed by atoms with E-state index in [-0.39, 0.29) is 0 Å². The summed E-state index contributed by atoms with van der Waals surface area (Å²) in [6.45, 7) is 0. The molecule has 0 aliphatic heterocycles. The van der Waals surface area contributed by atoms with E-state index in [0.717, 1.165) is 4.47 Å². The summed E-state index contributed by atoms with van der Waals surface area (Å²) in [5, 5.41) is 5.20. The van der Waals surface area contributed by atoms with E-state index in [9.17, 15) is 0 Å². The van der Waals surface area contributed by atoms with E-state index < -0.39 is 0 Å². The predicted molar refractivity (Wildman–Crippen MR) is 222 cm³/mol. The van der Waals surface area contributed by atoms with Crippen LogP contribution < -0.4 is 0 Å². The minimum Gasteiger partial charge on any atom is -0.355 e. The Hall–Kier alpha value is -6.16. The van der Waals surface area contributed by atoms with Crippen LogP contribution in [0, 0.1) is 0 Å². The lowest BCUT2D eigenvalue weighted by molar-refractivity contribution is 1.18. The molecule has 0 radical (unpaired) electrons. The summed E-state index contributed by atoms with van der Waals surface area (Å²) in [5.74, 6) is 0. The fourth-order valence-electron chi connectivity index (χ4n) is 6.75. The zero-order valence-corrected chi connectivity index (χ0v) is 29.5. The Balaban J connectivity index is 0.000000121. The molecule has 0 amide bonds. The van der Waals surface area contributed by atoms with E-state index in [4.69, 9.17) is 0 Å². The molecule has 10 aromatic rings. The number of aromatic nitrogens is 2. The van der Waals surface area contributed by atoms with Crippen molar-refractivity contribution in [3.05, 3.63) is 211 Å². The van der Waals surface area contributed by atoms with Crippen molar-refractivity contribution in [1.82, 2.24) is 9.55 Å². The molecule has 0 fully saturated rings. The summed E-state index contributed by atoms with van der Waals surface area (Å²) in [6.07, 6.45) is 0. The number of fused-ring (bicyclic) bond motifs is 6. The number of nitrogens with zero attached hydrogens (tertiary/aromatic N) is 1. The van der Waals surface area contributed by atoms with Gasteiger partial charge in [0.2, 0.25) is 0 Å². The van der Waals surface area contributed by atoms with E-state index in [2.05, 4.69) is 214 Å². The van der Waals surface area contributed by atoms with Crippen molar-refractivity contribution < 1.29 is 0 Å². The van der Waals surface area contributed by atoms with Gasteiger partial charge >= 0.3 is 0 Å². The van der Waals surface area contributed by atoms with Gasteiger partial charge in [-0.3, -0.25) is 0 Å². The van der Waals surface area contributed by atoms with Gasteiger partial charge in [-0.2, -0.15) is 0 Å². The molecule has 0 aliphatic rings. The monoisotopic (exact) mass is 718 g/mol. The number of rotatable bonds is 3. The van der Waals surface area contributed by atoms with Crippen molar-refractivity contribution >= 4 is 59.5 Å². The van der Waals surface area contributed by atoms with Crippen molar-refractivity contribution in [3.8, 4) is 27.9 Å². The van der Waals surface area contributed by atoms with Crippen LogP contribution in [0.15, 0.2) is 211 Å². The number of hydrogen-bond donors (Lipinski definition) is 1. The SMILES string of the molecule is Brc1cccc(-c2ccccc2)c1.c1ccc(-c2cccc(-n3c4ccccc4c4ccccc43)c2)cc1.c1ccc2c(c1)[nH]c1ccccc12. The molecule has 8 aromatic carbocycles. The second-order valence-corrected chi connectivity index (χ2v) is 13.3. The predicted octanol–water partition coefficient (Wildman–Crippen LogP) is 13.9. The van der Waals surface area contributed by atoms with Crippen molar-refractivity contribution in [2.75, 3.05) is 0 Å². The minimum atomic E-state index is 1.12. The maximum atomic E-state index is 3.46. The minimum absolute atomic E-state index is 1.12. The molecule has 0 atom stereocenters. The van der Waals surface area contributed by atoms with Gasteiger partial charge in [0, 0.05) is 42.7 Å². The molecule has 0 unspecified atom stereocenters. The highest BCUT2D eigenvalue weighted by atomic mass is 79.9. The molecule has 10 rings (SSSR count). The lowest BCUT2D eigenvalue weighted by atomic mass is 10.1. The quantitative estimate of drug-likeness (QED) is 0.188. The van der Waals surface area contributed by atoms with Crippen LogP contribution in [0.3, 0.4) is 0 Å². The Kier molecular flexibility index (Phi) is 9.28. The zero-order valence-electron chi connectivity index (χ0n) is 28.0. The molecule has 0 spiro atoms. The van der Waals surface area contributed by atoms with E-state index in [0.29, 0.717) is 0 Å². The van der Waals surface area contributed by atoms with Crippen LogP contribution in [0.25, 0.3) is 71.6 Å². The molecule has 2 nitrogen and oxygen atoms in total. The average Bonchev–Trinajstić information content (AvgIpc) is 3.75. The van der Waals surface area contributed by atoms with Gasteiger partial charge in [0.1, 0.15) is 0 Å². The molecular formula is C48H35BrN2. The van der Waals surface area contributed by atoms with Crippen LogP contribution >= 0.6 is 15.9 Å². The highest BCUT2D eigenvalue weighted by Gasteiger charge is 2.11. The summed E-state index contributed by atoms with van der Waals surface area (Å²) >= 11 is 3.46. The molecule has 244 valence electrons.